The Balaban J connectivity index is 1.71. The Morgan fingerprint density at radius 3 is 2.62 bits per heavy atom. The van der Waals surface area contributed by atoms with Crippen molar-refractivity contribution in [3.05, 3.63) is 35.6 Å². The zero-order valence-electron chi connectivity index (χ0n) is 15.2. The van der Waals surface area contributed by atoms with Crippen molar-refractivity contribution in [2.24, 2.45) is 11.3 Å². The van der Waals surface area contributed by atoms with Crippen molar-refractivity contribution < 1.29 is 14.2 Å². The van der Waals surface area contributed by atoms with Gasteiger partial charge < -0.3 is 15.2 Å². The first-order valence-electron chi connectivity index (χ1n) is 9.09. The van der Waals surface area contributed by atoms with Gasteiger partial charge in [0.1, 0.15) is 5.82 Å². The van der Waals surface area contributed by atoms with Gasteiger partial charge in [0.15, 0.2) is 0 Å². The molecule has 1 aromatic rings. The molecular weight excluding hydrogens is 305 g/mol. The molecule has 0 aliphatic heterocycles. The van der Waals surface area contributed by atoms with Crippen LogP contribution in [-0.2, 0) is 4.74 Å². The predicted molar refractivity (Wildman–Crippen MR) is 95.4 cm³/mol. The molecule has 4 heteroatoms. The SMILES string of the molecule is COC1CCC(C(C)(C)CCNC[C@H](O)c2cccc(F)c2)CC1. The van der Waals surface area contributed by atoms with E-state index in [2.05, 4.69) is 19.2 Å². The number of rotatable bonds is 8. The summed E-state index contributed by atoms with van der Waals surface area (Å²) in [4.78, 5) is 0. The lowest BCUT2D eigenvalue weighted by Crippen LogP contribution is -2.34. The van der Waals surface area contributed by atoms with Gasteiger partial charge in [0.05, 0.1) is 12.2 Å². The monoisotopic (exact) mass is 337 g/mol. The lowest BCUT2D eigenvalue weighted by molar-refractivity contribution is 0.0290. The lowest BCUT2D eigenvalue weighted by Gasteiger charge is -2.39. The summed E-state index contributed by atoms with van der Waals surface area (Å²) in [6.07, 6.45) is 5.64. The molecule has 1 atom stereocenters. The Kier molecular flexibility index (Phi) is 7.20. The van der Waals surface area contributed by atoms with Crippen LogP contribution in [0, 0.1) is 17.2 Å². The van der Waals surface area contributed by atoms with Crippen molar-refractivity contribution >= 4 is 0 Å². The van der Waals surface area contributed by atoms with Crippen molar-refractivity contribution in [2.45, 2.75) is 58.2 Å². The summed E-state index contributed by atoms with van der Waals surface area (Å²) in [7, 11) is 1.81. The molecule has 2 rings (SSSR count). The number of hydrogen-bond acceptors (Lipinski definition) is 3. The highest BCUT2D eigenvalue weighted by molar-refractivity contribution is 5.18. The van der Waals surface area contributed by atoms with Gasteiger partial charge in [-0.05, 0) is 67.7 Å². The summed E-state index contributed by atoms with van der Waals surface area (Å²) < 4.78 is 18.7. The fourth-order valence-corrected chi connectivity index (χ4v) is 3.77. The fraction of sp³-hybridized carbons (Fsp3) is 0.700. The molecule has 1 aliphatic carbocycles. The van der Waals surface area contributed by atoms with E-state index in [4.69, 9.17) is 4.74 Å². The first-order valence-corrected chi connectivity index (χ1v) is 9.09. The molecule has 1 aromatic carbocycles. The number of ether oxygens (including phenoxy) is 1. The third-order valence-corrected chi connectivity index (χ3v) is 5.63. The van der Waals surface area contributed by atoms with E-state index >= 15 is 0 Å². The molecule has 0 radical (unpaired) electrons. The first-order chi connectivity index (χ1) is 11.4. The lowest BCUT2D eigenvalue weighted by atomic mass is 9.69. The van der Waals surface area contributed by atoms with Gasteiger partial charge in [-0.2, -0.15) is 0 Å². The number of nitrogens with one attached hydrogen (secondary N) is 1. The van der Waals surface area contributed by atoms with Crippen LogP contribution in [0.3, 0.4) is 0 Å². The standard InChI is InChI=1S/C20H32FNO2/c1-20(2,16-7-9-18(24-3)10-8-16)11-12-22-14-19(23)15-5-4-6-17(21)13-15/h4-6,13,16,18-19,22-23H,7-12,14H2,1-3H3/t16?,18?,19-/m0/s1. The highest BCUT2D eigenvalue weighted by Gasteiger charge is 2.32. The zero-order valence-corrected chi connectivity index (χ0v) is 15.2. The summed E-state index contributed by atoms with van der Waals surface area (Å²) in [5.41, 5.74) is 0.912. The fourth-order valence-electron chi connectivity index (χ4n) is 3.77. The number of methoxy groups -OCH3 is 1. The topological polar surface area (TPSA) is 41.5 Å². The van der Waals surface area contributed by atoms with Gasteiger partial charge in [0.2, 0.25) is 0 Å². The van der Waals surface area contributed by atoms with E-state index < -0.39 is 6.10 Å². The molecule has 0 spiro atoms. The molecule has 2 N–H and O–H groups in total. The second-order valence-corrected chi connectivity index (χ2v) is 7.72. The van der Waals surface area contributed by atoms with Crippen molar-refractivity contribution in [1.29, 1.82) is 0 Å². The average molecular weight is 337 g/mol. The van der Waals surface area contributed by atoms with Crippen LogP contribution >= 0.6 is 0 Å². The van der Waals surface area contributed by atoms with Crippen LogP contribution in [-0.4, -0.2) is 31.4 Å². The minimum absolute atomic E-state index is 0.287. The molecular formula is C20H32FNO2. The zero-order chi connectivity index (χ0) is 17.6. The number of halogens is 1. The third-order valence-electron chi connectivity index (χ3n) is 5.63. The van der Waals surface area contributed by atoms with Gasteiger partial charge >= 0.3 is 0 Å². The maximum absolute atomic E-state index is 13.2. The number of benzene rings is 1. The molecule has 0 heterocycles. The summed E-state index contributed by atoms with van der Waals surface area (Å²) in [5, 5.41) is 13.5. The molecule has 24 heavy (non-hydrogen) atoms. The summed E-state index contributed by atoms with van der Waals surface area (Å²) in [6.45, 7) is 6.00. The van der Waals surface area contributed by atoms with Crippen molar-refractivity contribution in [2.75, 3.05) is 20.2 Å². The summed E-state index contributed by atoms with van der Waals surface area (Å²) in [5.74, 6) is 0.429. The molecule has 1 fully saturated rings. The predicted octanol–water partition coefficient (Wildman–Crippen LogP) is 4.07. The highest BCUT2D eigenvalue weighted by Crippen LogP contribution is 2.40. The molecule has 3 nitrogen and oxygen atoms in total. The molecule has 0 amide bonds. The van der Waals surface area contributed by atoms with E-state index in [0.717, 1.165) is 31.7 Å². The number of hydrogen-bond donors (Lipinski definition) is 2. The van der Waals surface area contributed by atoms with Crippen LogP contribution in [0.2, 0.25) is 0 Å². The minimum atomic E-state index is -0.666. The van der Waals surface area contributed by atoms with Crippen molar-refractivity contribution in [1.82, 2.24) is 5.32 Å². The quantitative estimate of drug-likeness (QED) is 0.703. The van der Waals surface area contributed by atoms with Gasteiger partial charge in [0, 0.05) is 13.7 Å². The van der Waals surface area contributed by atoms with E-state index in [1.165, 1.54) is 25.0 Å². The normalized spacial score (nSPS) is 23.2. The van der Waals surface area contributed by atoms with E-state index in [1.807, 2.05) is 7.11 Å². The van der Waals surface area contributed by atoms with Gasteiger partial charge in [-0.15, -0.1) is 0 Å². The Labute approximate surface area is 145 Å². The van der Waals surface area contributed by atoms with Crippen LogP contribution in [0.15, 0.2) is 24.3 Å². The minimum Gasteiger partial charge on any atom is -0.387 e. The van der Waals surface area contributed by atoms with Gasteiger partial charge in [0.25, 0.3) is 0 Å². The molecule has 0 unspecified atom stereocenters. The van der Waals surface area contributed by atoms with Gasteiger partial charge in [-0.3, -0.25) is 0 Å². The molecule has 0 bridgehead atoms. The van der Waals surface area contributed by atoms with Crippen LogP contribution in [0.4, 0.5) is 4.39 Å². The molecule has 0 saturated heterocycles. The van der Waals surface area contributed by atoms with E-state index in [-0.39, 0.29) is 11.2 Å². The third kappa shape index (κ3) is 5.54. The van der Waals surface area contributed by atoms with Gasteiger partial charge in [-0.25, -0.2) is 4.39 Å². The maximum Gasteiger partial charge on any atom is 0.123 e. The number of aliphatic hydroxyl groups is 1. The summed E-state index contributed by atoms with van der Waals surface area (Å²) >= 11 is 0. The Morgan fingerprint density at radius 2 is 2.00 bits per heavy atom. The second-order valence-electron chi connectivity index (χ2n) is 7.72. The Bertz CT molecular complexity index is 498. The van der Waals surface area contributed by atoms with Crippen molar-refractivity contribution in [3.63, 3.8) is 0 Å². The van der Waals surface area contributed by atoms with E-state index in [0.29, 0.717) is 18.2 Å². The number of aliphatic hydroxyl groups excluding tert-OH is 1. The summed E-state index contributed by atoms with van der Waals surface area (Å²) in [6, 6.07) is 6.18. The van der Waals surface area contributed by atoms with Crippen LogP contribution in [0.5, 0.6) is 0 Å². The Hall–Kier alpha value is -0.970. The van der Waals surface area contributed by atoms with Crippen molar-refractivity contribution in [3.8, 4) is 0 Å². The maximum atomic E-state index is 13.2. The molecule has 1 aliphatic rings. The average Bonchev–Trinajstić information content (AvgIpc) is 2.58. The van der Waals surface area contributed by atoms with Crippen LogP contribution < -0.4 is 5.32 Å². The molecule has 1 saturated carbocycles. The highest BCUT2D eigenvalue weighted by atomic mass is 19.1. The Morgan fingerprint density at radius 1 is 1.29 bits per heavy atom. The smallest absolute Gasteiger partial charge is 0.123 e. The van der Waals surface area contributed by atoms with Crippen LogP contribution in [0.25, 0.3) is 0 Å². The van der Waals surface area contributed by atoms with Crippen LogP contribution in [0.1, 0.15) is 57.6 Å². The van der Waals surface area contributed by atoms with E-state index in [9.17, 15) is 9.50 Å². The largest absolute Gasteiger partial charge is 0.387 e. The first kappa shape index (κ1) is 19.4. The molecule has 136 valence electrons. The van der Waals surface area contributed by atoms with E-state index in [1.54, 1.807) is 12.1 Å². The second kappa shape index (κ2) is 8.93. The molecule has 0 aromatic heterocycles. The van der Waals surface area contributed by atoms with Gasteiger partial charge in [-0.1, -0.05) is 26.0 Å².